The van der Waals surface area contributed by atoms with Crippen molar-refractivity contribution in [3.05, 3.63) is 27.7 Å². The van der Waals surface area contributed by atoms with Crippen LogP contribution in [0.25, 0.3) is 0 Å². The van der Waals surface area contributed by atoms with E-state index < -0.39 is 17.8 Å². The maximum absolute atomic E-state index is 12.9. The standard InChI is InChI=1S/C13H16BrF3N2O.ClH/c14-10-5-7(4-9(12(10)18)13(15,16)17)11(6-20)19-8-2-1-3-8;/h4-5,8,11,19-20H,1-3,6,18H2;1H. The molecule has 21 heavy (non-hydrogen) atoms. The van der Waals surface area contributed by atoms with Crippen molar-refractivity contribution in [2.45, 2.75) is 37.5 Å². The highest BCUT2D eigenvalue weighted by atomic mass is 79.9. The summed E-state index contributed by atoms with van der Waals surface area (Å²) in [5.41, 5.74) is 4.64. The molecule has 2 rings (SSSR count). The van der Waals surface area contributed by atoms with Gasteiger partial charge in [0, 0.05) is 10.5 Å². The van der Waals surface area contributed by atoms with E-state index in [1.165, 1.54) is 6.07 Å². The van der Waals surface area contributed by atoms with Gasteiger partial charge in [-0.1, -0.05) is 6.42 Å². The van der Waals surface area contributed by atoms with Crippen LogP contribution in [0.1, 0.15) is 36.4 Å². The molecule has 1 aliphatic rings. The van der Waals surface area contributed by atoms with Crippen LogP contribution in [0.2, 0.25) is 0 Å². The molecule has 0 spiro atoms. The van der Waals surface area contributed by atoms with Gasteiger partial charge in [-0.2, -0.15) is 13.2 Å². The summed E-state index contributed by atoms with van der Waals surface area (Å²) in [4.78, 5) is 0. The molecule has 120 valence electrons. The number of alkyl halides is 3. The Morgan fingerprint density at radius 2 is 2.00 bits per heavy atom. The fraction of sp³-hybridized carbons (Fsp3) is 0.538. The SMILES string of the molecule is Cl.Nc1c(Br)cc(C(CO)NC2CCC2)cc1C(F)(F)F. The number of hydrogen-bond acceptors (Lipinski definition) is 3. The van der Waals surface area contributed by atoms with Crippen LogP contribution >= 0.6 is 28.3 Å². The van der Waals surface area contributed by atoms with Crippen LogP contribution in [0, 0.1) is 0 Å². The van der Waals surface area contributed by atoms with Crippen LogP contribution in [0.5, 0.6) is 0 Å². The molecule has 0 bridgehead atoms. The zero-order valence-electron chi connectivity index (χ0n) is 11.1. The largest absolute Gasteiger partial charge is 0.418 e. The summed E-state index contributed by atoms with van der Waals surface area (Å²) in [6.45, 7) is -0.260. The maximum atomic E-state index is 12.9. The number of nitrogens with one attached hydrogen (secondary N) is 1. The van der Waals surface area contributed by atoms with Crippen molar-refractivity contribution in [1.82, 2.24) is 5.32 Å². The second-order valence-corrected chi connectivity index (χ2v) is 5.85. The molecule has 0 saturated heterocycles. The first-order chi connectivity index (χ1) is 9.32. The molecule has 0 aromatic heterocycles. The van der Waals surface area contributed by atoms with E-state index in [2.05, 4.69) is 21.2 Å². The van der Waals surface area contributed by atoms with E-state index in [1.807, 2.05) is 0 Å². The van der Waals surface area contributed by atoms with E-state index >= 15 is 0 Å². The molecule has 3 nitrogen and oxygen atoms in total. The number of nitrogens with two attached hydrogens (primary N) is 1. The molecule has 0 aliphatic heterocycles. The van der Waals surface area contributed by atoms with Crippen molar-refractivity contribution < 1.29 is 18.3 Å². The summed E-state index contributed by atoms with van der Waals surface area (Å²) in [6.07, 6.45) is -1.44. The molecule has 0 heterocycles. The minimum Gasteiger partial charge on any atom is -0.397 e. The number of halogens is 5. The number of benzene rings is 1. The lowest BCUT2D eigenvalue weighted by Gasteiger charge is -2.31. The Morgan fingerprint density at radius 1 is 1.38 bits per heavy atom. The van der Waals surface area contributed by atoms with Gasteiger partial charge < -0.3 is 16.2 Å². The Labute approximate surface area is 135 Å². The second kappa shape index (κ2) is 7.17. The Kier molecular flexibility index (Phi) is 6.34. The van der Waals surface area contributed by atoms with E-state index in [9.17, 15) is 18.3 Å². The van der Waals surface area contributed by atoms with E-state index in [-0.39, 0.29) is 35.2 Å². The average Bonchev–Trinajstić information content (AvgIpc) is 2.30. The smallest absolute Gasteiger partial charge is 0.397 e. The molecule has 1 fully saturated rings. The summed E-state index contributed by atoms with van der Waals surface area (Å²) in [6, 6.07) is 2.28. The third kappa shape index (κ3) is 4.25. The molecular formula is C13H17BrClF3N2O. The van der Waals surface area contributed by atoms with E-state index in [4.69, 9.17) is 5.73 Å². The van der Waals surface area contributed by atoms with Crippen LogP contribution in [0.15, 0.2) is 16.6 Å². The molecule has 0 amide bonds. The predicted octanol–water partition coefficient (Wildman–Crippen LogP) is 3.65. The van der Waals surface area contributed by atoms with Crippen LogP contribution in [0.4, 0.5) is 18.9 Å². The molecular weight excluding hydrogens is 373 g/mol. The minimum atomic E-state index is -4.51. The van der Waals surface area contributed by atoms with Crippen LogP contribution in [-0.2, 0) is 6.18 Å². The third-order valence-corrected chi connectivity index (χ3v) is 4.24. The Hall–Kier alpha value is -0.500. The van der Waals surface area contributed by atoms with Crippen molar-refractivity contribution in [2.75, 3.05) is 12.3 Å². The summed E-state index contributed by atoms with van der Waals surface area (Å²) in [5.74, 6) is 0. The fourth-order valence-electron chi connectivity index (χ4n) is 2.19. The van der Waals surface area contributed by atoms with Crippen molar-refractivity contribution in [1.29, 1.82) is 0 Å². The summed E-state index contributed by atoms with van der Waals surface area (Å²) >= 11 is 3.05. The highest BCUT2D eigenvalue weighted by Crippen LogP contribution is 2.39. The minimum absolute atomic E-state index is 0. The quantitative estimate of drug-likeness (QED) is 0.689. The van der Waals surface area contributed by atoms with Crippen LogP contribution < -0.4 is 11.1 Å². The lowest BCUT2D eigenvalue weighted by Crippen LogP contribution is -2.39. The lowest BCUT2D eigenvalue weighted by atomic mass is 9.91. The summed E-state index contributed by atoms with van der Waals surface area (Å²) < 4.78 is 39.0. The number of rotatable bonds is 4. The van der Waals surface area contributed by atoms with E-state index in [1.54, 1.807) is 0 Å². The van der Waals surface area contributed by atoms with Crippen LogP contribution in [-0.4, -0.2) is 17.8 Å². The van der Waals surface area contributed by atoms with Gasteiger partial charge in [0.25, 0.3) is 0 Å². The molecule has 8 heteroatoms. The number of anilines is 1. The Balaban J connectivity index is 0.00000220. The van der Waals surface area contributed by atoms with E-state index in [0.29, 0.717) is 5.56 Å². The fourth-order valence-corrected chi connectivity index (χ4v) is 2.67. The van der Waals surface area contributed by atoms with Gasteiger partial charge >= 0.3 is 6.18 Å². The third-order valence-electron chi connectivity index (χ3n) is 3.58. The molecule has 0 radical (unpaired) electrons. The van der Waals surface area contributed by atoms with Gasteiger partial charge in [0.1, 0.15) is 0 Å². The first-order valence-electron chi connectivity index (χ1n) is 6.36. The highest BCUT2D eigenvalue weighted by Gasteiger charge is 2.35. The van der Waals surface area contributed by atoms with Gasteiger partial charge in [-0.25, -0.2) is 0 Å². The van der Waals surface area contributed by atoms with Crippen molar-refractivity contribution in [2.24, 2.45) is 0 Å². The van der Waals surface area contributed by atoms with Crippen molar-refractivity contribution in [3.63, 3.8) is 0 Å². The molecule has 4 N–H and O–H groups in total. The Morgan fingerprint density at radius 3 is 2.43 bits per heavy atom. The van der Waals surface area contributed by atoms with Gasteiger partial charge in [0.15, 0.2) is 0 Å². The first kappa shape index (κ1) is 18.5. The monoisotopic (exact) mass is 388 g/mol. The zero-order chi connectivity index (χ0) is 14.9. The Bertz CT molecular complexity index is 495. The molecule has 1 unspecified atom stereocenters. The summed E-state index contributed by atoms with van der Waals surface area (Å²) in [5, 5.41) is 12.6. The van der Waals surface area contributed by atoms with Gasteiger partial charge in [-0.3, -0.25) is 0 Å². The normalized spacial score (nSPS) is 17.0. The zero-order valence-corrected chi connectivity index (χ0v) is 13.5. The number of hydrogen-bond donors (Lipinski definition) is 3. The molecule has 1 aromatic carbocycles. The lowest BCUT2D eigenvalue weighted by molar-refractivity contribution is -0.137. The second-order valence-electron chi connectivity index (χ2n) is 4.99. The van der Waals surface area contributed by atoms with Gasteiger partial charge in [0.05, 0.1) is 23.9 Å². The molecule has 1 saturated carbocycles. The van der Waals surface area contributed by atoms with Crippen molar-refractivity contribution in [3.8, 4) is 0 Å². The highest BCUT2D eigenvalue weighted by molar-refractivity contribution is 9.10. The topological polar surface area (TPSA) is 58.3 Å². The summed E-state index contributed by atoms with van der Waals surface area (Å²) in [7, 11) is 0. The van der Waals surface area contributed by atoms with Crippen molar-refractivity contribution >= 4 is 34.0 Å². The first-order valence-corrected chi connectivity index (χ1v) is 7.15. The molecule has 1 atom stereocenters. The van der Waals surface area contributed by atoms with Gasteiger partial charge in [-0.05, 0) is 46.5 Å². The molecule has 1 aliphatic carbocycles. The maximum Gasteiger partial charge on any atom is 0.418 e. The number of aliphatic hydroxyl groups excluding tert-OH is 1. The number of aliphatic hydroxyl groups is 1. The van der Waals surface area contributed by atoms with Gasteiger partial charge in [0.2, 0.25) is 0 Å². The van der Waals surface area contributed by atoms with Crippen LogP contribution in [0.3, 0.4) is 0 Å². The number of nitrogen functional groups attached to an aromatic ring is 1. The molecule has 1 aromatic rings. The predicted molar refractivity (Wildman–Crippen MR) is 81.4 cm³/mol. The van der Waals surface area contributed by atoms with Gasteiger partial charge in [-0.15, -0.1) is 12.4 Å². The van der Waals surface area contributed by atoms with E-state index in [0.717, 1.165) is 25.3 Å². The average molecular weight is 390 g/mol.